The first kappa shape index (κ1) is 23.8. The molecule has 0 spiro atoms. The Hall–Kier alpha value is -5.34. The van der Waals surface area contributed by atoms with E-state index in [0.29, 0.717) is 0 Å². The molecule has 40 heavy (non-hydrogen) atoms. The molecule has 0 unspecified atom stereocenters. The molecule has 2 nitrogen and oxygen atoms in total. The number of nitrogens with one attached hydrogen (secondary N) is 2. The molecule has 7 rings (SSSR count). The molecule has 0 amide bonds. The van der Waals surface area contributed by atoms with Crippen molar-refractivity contribution in [2.24, 2.45) is 0 Å². The van der Waals surface area contributed by atoms with Crippen LogP contribution < -0.4 is 0 Å². The number of allylic oxidation sites excluding steroid dienone is 4. The molecule has 0 aromatic heterocycles. The predicted octanol–water partition coefficient (Wildman–Crippen LogP) is 9.85. The molecule has 188 valence electrons. The van der Waals surface area contributed by atoms with Crippen molar-refractivity contribution < 1.29 is 0 Å². The summed E-state index contributed by atoms with van der Waals surface area (Å²) in [5, 5.41) is 22.2. The SMILES string of the molecule is N=C1C=C(c2ccc(-c3ccccc3)c3ccccc23)C=C(c2ccc(-c3ccccc3)c3ccccc23)C1=N. The molecule has 0 saturated carbocycles. The third kappa shape index (κ3) is 3.98. The highest BCUT2D eigenvalue weighted by Crippen LogP contribution is 2.39. The topological polar surface area (TPSA) is 47.7 Å². The lowest BCUT2D eigenvalue weighted by atomic mass is 9.83. The van der Waals surface area contributed by atoms with E-state index in [0.717, 1.165) is 49.6 Å². The van der Waals surface area contributed by atoms with Crippen molar-refractivity contribution in [2.45, 2.75) is 0 Å². The van der Waals surface area contributed by atoms with Gasteiger partial charge in [-0.15, -0.1) is 0 Å². The Balaban J connectivity index is 1.41. The van der Waals surface area contributed by atoms with Gasteiger partial charge in [0, 0.05) is 5.57 Å². The lowest BCUT2D eigenvalue weighted by molar-refractivity contribution is 1.49. The monoisotopic (exact) mass is 510 g/mol. The van der Waals surface area contributed by atoms with Gasteiger partial charge >= 0.3 is 0 Å². The van der Waals surface area contributed by atoms with E-state index in [1.165, 1.54) is 16.5 Å². The van der Waals surface area contributed by atoms with Crippen molar-refractivity contribution in [3.8, 4) is 22.3 Å². The molecular weight excluding hydrogens is 484 g/mol. The lowest BCUT2D eigenvalue weighted by Crippen LogP contribution is -2.16. The van der Waals surface area contributed by atoms with Gasteiger partial charge in [-0.2, -0.15) is 0 Å². The zero-order valence-corrected chi connectivity index (χ0v) is 21.9. The van der Waals surface area contributed by atoms with E-state index in [2.05, 4.69) is 121 Å². The summed E-state index contributed by atoms with van der Waals surface area (Å²) in [5.74, 6) is 0. The first-order valence-corrected chi connectivity index (χ1v) is 13.5. The van der Waals surface area contributed by atoms with Gasteiger partial charge in [0.1, 0.15) is 0 Å². The van der Waals surface area contributed by atoms with Crippen LogP contribution >= 0.6 is 0 Å². The van der Waals surface area contributed by atoms with E-state index in [1.807, 2.05) is 24.3 Å². The smallest absolute Gasteiger partial charge is 0.0868 e. The number of hydrogen-bond acceptors (Lipinski definition) is 2. The Bertz CT molecular complexity index is 2010. The number of hydrogen-bond donors (Lipinski definition) is 2. The molecule has 1 aliphatic carbocycles. The van der Waals surface area contributed by atoms with Gasteiger partial charge in [-0.25, -0.2) is 0 Å². The lowest BCUT2D eigenvalue weighted by Gasteiger charge is -2.20. The summed E-state index contributed by atoms with van der Waals surface area (Å²) in [4.78, 5) is 0. The van der Waals surface area contributed by atoms with E-state index in [4.69, 9.17) is 10.8 Å². The average molecular weight is 511 g/mol. The summed E-state index contributed by atoms with van der Waals surface area (Å²) in [6.45, 7) is 0. The summed E-state index contributed by atoms with van der Waals surface area (Å²) in [6.07, 6.45) is 3.92. The highest BCUT2D eigenvalue weighted by atomic mass is 14.5. The zero-order chi connectivity index (χ0) is 27.1. The van der Waals surface area contributed by atoms with Crippen LogP contribution in [0.5, 0.6) is 0 Å². The van der Waals surface area contributed by atoms with Crippen molar-refractivity contribution in [2.75, 3.05) is 0 Å². The predicted molar refractivity (Wildman–Crippen MR) is 170 cm³/mol. The van der Waals surface area contributed by atoms with Gasteiger partial charge < -0.3 is 0 Å². The van der Waals surface area contributed by atoms with Crippen molar-refractivity contribution in [3.63, 3.8) is 0 Å². The van der Waals surface area contributed by atoms with Gasteiger partial charge in [0.05, 0.1) is 11.4 Å². The second-order valence-electron chi connectivity index (χ2n) is 10.1. The Kier molecular flexibility index (Phi) is 5.79. The van der Waals surface area contributed by atoms with Gasteiger partial charge in [0.2, 0.25) is 0 Å². The van der Waals surface area contributed by atoms with Crippen LogP contribution in [0.4, 0.5) is 0 Å². The van der Waals surface area contributed by atoms with Crippen LogP contribution in [0.3, 0.4) is 0 Å². The Morgan fingerprint density at radius 1 is 0.350 bits per heavy atom. The van der Waals surface area contributed by atoms with Gasteiger partial charge in [0.25, 0.3) is 0 Å². The third-order valence-electron chi connectivity index (χ3n) is 7.76. The van der Waals surface area contributed by atoms with E-state index < -0.39 is 0 Å². The minimum atomic E-state index is 0.222. The molecule has 0 saturated heterocycles. The molecular formula is C38H26N2. The van der Waals surface area contributed by atoms with Gasteiger partial charge in [-0.3, -0.25) is 10.8 Å². The van der Waals surface area contributed by atoms with Gasteiger partial charge in [0.15, 0.2) is 0 Å². The van der Waals surface area contributed by atoms with Gasteiger partial charge in [-0.05, 0) is 72.7 Å². The number of fused-ring (bicyclic) bond motifs is 2. The summed E-state index contributed by atoms with van der Waals surface area (Å²) < 4.78 is 0. The fourth-order valence-corrected chi connectivity index (χ4v) is 5.83. The molecule has 1 aliphatic rings. The molecule has 0 heterocycles. The molecule has 0 fully saturated rings. The second kappa shape index (κ2) is 9.76. The largest absolute Gasteiger partial charge is 0.299 e. The minimum absolute atomic E-state index is 0.222. The normalized spacial score (nSPS) is 13.4. The maximum atomic E-state index is 8.91. The standard InChI is InChI=1S/C38H26N2/c39-37-24-27(30-20-19-28(25-11-3-1-4-12-25)31-15-7-8-17-33(30)31)23-36(38(37)40)35-22-21-29(26-13-5-2-6-14-26)32-16-9-10-18-34(32)35/h1-24,39-40H. The molecule has 2 heteroatoms. The highest BCUT2D eigenvalue weighted by Gasteiger charge is 2.22. The molecule has 6 aromatic carbocycles. The quantitative estimate of drug-likeness (QED) is 0.222. The van der Waals surface area contributed by atoms with Crippen molar-refractivity contribution in [1.29, 1.82) is 10.8 Å². The Morgan fingerprint density at radius 2 is 0.750 bits per heavy atom. The van der Waals surface area contributed by atoms with Crippen LogP contribution in [0, 0.1) is 10.8 Å². The average Bonchev–Trinajstić information content (AvgIpc) is 3.02. The van der Waals surface area contributed by atoms with Crippen LogP contribution in [0.1, 0.15) is 11.1 Å². The molecule has 6 aromatic rings. The van der Waals surface area contributed by atoms with Crippen molar-refractivity contribution >= 4 is 44.1 Å². The molecule has 2 N–H and O–H groups in total. The summed E-state index contributed by atoms with van der Waals surface area (Å²) in [5.41, 5.74) is 8.91. The Morgan fingerprint density at radius 3 is 1.27 bits per heavy atom. The minimum Gasteiger partial charge on any atom is -0.299 e. The number of benzene rings is 6. The molecule has 0 atom stereocenters. The molecule has 0 radical (unpaired) electrons. The van der Waals surface area contributed by atoms with Crippen molar-refractivity contribution in [1.82, 2.24) is 0 Å². The fraction of sp³-hybridized carbons (Fsp3) is 0. The van der Waals surface area contributed by atoms with E-state index in [1.54, 1.807) is 0 Å². The first-order valence-electron chi connectivity index (χ1n) is 13.5. The zero-order valence-electron chi connectivity index (χ0n) is 21.9. The van der Waals surface area contributed by atoms with Crippen LogP contribution in [0.25, 0.3) is 54.9 Å². The van der Waals surface area contributed by atoms with E-state index in [9.17, 15) is 0 Å². The fourth-order valence-electron chi connectivity index (χ4n) is 5.83. The van der Waals surface area contributed by atoms with E-state index in [-0.39, 0.29) is 11.4 Å². The summed E-state index contributed by atoms with van der Waals surface area (Å²) in [7, 11) is 0. The van der Waals surface area contributed by atoms with Crippen LogP contribution in [-0.2, 0) is 0 Å². The highest BCUT2D eigenvalue weighted by molar-refractivity contribution is 6.62. The molecule has 0 bridgehead atoms. The number of rotatable bonds is 4. The molecule has 0 aliphatic heterocycles. The first-order chi connectivity index (χ1) is 19.7. The van der Waals surface area contributed by atoms with Gasteiger partial charge in [-0.1, -0.05) is 133 Å². The Labute approximate surface area is 233 Å². The maximum Gasteiger partial charge on any atom is 0.0868 e. The third-order valence-corrected chi connectivity index (χ3v) is 7.76. The summed E-state index contributed by atoms with van der Waals surface area (Å²) in [6, 6.07) is 46.3. The van der Waals surface area contributed by atoms with Crippen LogP contribution in [0.2, 0.25) is 0 Å². The second-order valence-corrected chi connectivity index (χ2v) is 10.1. The summed E-state index contributed by atoms with van der Waals surface area (Å²) >= 11 is 0. The maximum absolute atomic E-state index is 8.91. The van der Waals surface area contributed by atoms with E-state index >= 15 is 0 Å². The van der Waals surface area contributed by atoms with Crippen LogP contribution in [-0.4, -0.2) is 11.4 Å². The van der Waals surface area contributed by atoms with Crippen molar-refractivity contribution in [3.05, 3.63) is 157 Å². The van der Waals surface area contributed by atoms with Crippen LogP contribution in [0.15, 0.2) is 146 Å².